The van der Waals surface area contributed by atoms with Crippen LogP contribution in [0.25, 0.3) is 0 Å². The molecule has 0 aromatic heterocycles. The van der Waals surface area contributed by atoms with Gasteiger partial charge in [-0.1, -0.05) is 30.3 Å². The lowest BCUT2D eigenvalue weighted by atomic mass is 10.1. The van der Waals surface area contributed by atoms with Crippen molar-refractivity contribution >= 4 is 35.8 Å². The normalized spacial score (nSPS) is 25.3. The minimum atomic E-state index is 0. The molecule has 1 aliphatic carbocycles. The lowest BCUT2D eigenvalue weighted by molar-refractivity contribution is -0.133. The third kappa shape index (κ3) is 5.84. The number of rotatable bonds is 4. The van der Waals surface area contributed by atoms with E-state index in [1.807, 2.05) is 11.9 Å². The summed E-state index contributed by atoms with van der Waals surface area (Å²) < 4.78 is 0. The van der Waals surface area contributed by atoms with Crippen molar-refractivity contribution in [1.82, 2.24) is 20.0 Å². The summed E-state index contributed by atoms with van der Waals surface area (Å²) in [6.07, 6.45) is 4.76. The molecule has 0 bridgehead atoms. The molecule has 0 radical (unpaired) electrons. The Labute approximate surface area is 191 Å². The number of piperazine rings is 1. The van der Waals surface area contributed by atoms with Gasteiger partial charge in [-0.15, -0.1) is 24.0 Å². The first kappa shape index (κ1) is 22.3. The highest BCUT2D eigenvalue weighted by Crippen LogP contribution is 2.40. The summed E-state index contributed by atoms with van der Waals surface area (Å²) >= 11 is 0. The van der Waals surface area contributed by atoms with Crippen LogP contribution in [-0.2, 0) is 4.79 Å². The van der Waals surface area contributed by atoms with Crippen LogP contribution in [0, 0.1) is 0 Å². The number of hydrogen-bond donors (Lipinski definition) is 1. The van der Waals surface area contributed by atoms with Gasteiger partial charge in [0.05, 0.1) is 6.54 Å². The smallest absolute Gasteiger partial charge is 0.236 e. The number of halogens is 1. The largest absolute Gasteiger partial charge is 0.353 e. The Kier molecular flexibility index (Phi) is 8.17. The molecule has 7 heteroatoms. The molecule has 29 heavy (non-hydrogen) atoms. The number of nitrogens with zero attached hydrogens (tertiary/aromatic N) is 4. The highest BCUT2D eigenvalue weighted by molar-refractivity contribution is 14.0. The maximum atomic E-state index is 12.5. The third-order valence-corrected chi connectivity index (χ3v) is 6.28. The molecule has 0 spiro atoms. The van der Waals surface area contributed by atoms with Crippen molar-refractivity contribution in [3.63, 3.8) is 0 Å². The third-order valence-electron chi connectivity index (χ3n) is 6.28. The Balaban J connectivity index is 0.00000240. The van der Waals surface area contributed by atoms with Crippen molar-refractivity contribution in [3.8, 4) is 0 Å². The van der Waals surface area contributed by atoms with E-state index in [1.165, 1.54) is 18.4 Å². The van der Waals surface area contributed by atoms with Crippen molar-refractivity contribution in [2.45, 2.75) is 37.6 Å². The second-order valence-corrected chi connectivity index (χ2v) is 8.26. The molecule has 1 amide bonds. The van der Waals surface area contributed by atoms with E-state index in [-0.39, 0.29) is 24.0 Å². The molecule has 2 aliphatic heterocycles. The first-order valence-electron chi connectivity index (χ1n) is 10.8. The Morgan fingerprint density at radius 3 is 2.34 bits per heavy atom. The lowest BCUT2D eigenvalue weighted by Crippen LogP contribution is -2.54. The van der Waals surface area contributed by atoms with Gasteiger partial charge in [-0.25, -0.2) is 0 Å². The van der Waals surface area contributed by atoms with Crippen LogP contribution >= 0.6 is 24.0 Å². The number of amides is 1. The van der Waals surface area contributed by atoms with Crippen molar-refractivity contribution < 1.29 is 4.79 Å². The summed E-state index contributed by atoms with van der Waals surface area (Å²) in [6.45, 7) is 6.16. The molecule has 6 nitrogen and oxygen atoms in total. The molecule has 3 fully saturated rings. The SMILES string of the molecule is CN=C(NC1CC1c1ccccc1)N1CCN(CC(=O)N2CCCCC2)CC1.I. The van der Waals surface area contributed by atoms with Crippen LogP contribution in [0.3, 0.4) is 0 Å². The van der Waals surface area contributed by atoms with E-state index >= 15 is 0 Å². The van der Waals surface area contributed by atoms with E-state index in [4.69, 9.17) is 0 Å². The summed E-state index contributed by atoms with van der Waals surface area (Å²) in [7, 11) is 1.87. The minimum Gasteiger partial charge on any atom is -0.353 e. The molecule has 1 aromatic rings. The number of carbonyl (C=O) groups excluding carboxylic acids is 1. The van der Waals surface area contributed by atoms with Gasteiger partial charge in [0.25, 0.3) is 0 Å². The zero-order chi connectivity index (χ0) is 19.3. The maximum Gasteiger partial charge on any atom is 0.236 e. The maximum absolute atomic E-state index is 12.5. The van der Waals surface area contributed by atoms with Crippen LogP contribution < -0.4 is 5.32 Å². The summed E-state index contributed by atoms with van der Waals surface area (Å²) in [5.74, 6) is 1.91. The van der Waals surface area contributed by atoms with Crippen LogP contribution in [0.15, 0.2) is 35.3 Å². The molecular weight excluding hydrogens is 477 g/mol. The highest BCUT2D eigenvalue weighted by atomic mass is 127. The van der Waals surface area contributed by atoms with Crippen molar-refractivity contribution in [2.24, 2.45) is 4.99 Å². The van der Waals surface area contributed by atoms with E-state index in [0.717, 1.165) is 58.1 Å². The standard InChI is InChI=1S/C22H33N5O.HI/c1-23-22(24-20-16-19(20)18-8-4-2-5-9-18)27-14-12-25(13-15-27)17-21(28)26-10-6-3-7-11-26;/h2,4-5,8-9,19-20H,3,6-7,10-17H2,1H3,(H,23,24);1H. The Hall–Kier alpha value is -1.35. The van der Waals surface area contributed by atoms with Gasteiger partial charge in [0.15, 0.2) is 5.96 Å². The fraction of sp³-hybridized carbons (Fsp3) is 0.636. The Bertz CT molecular complexity index is 684. The average Bonchev–Trinajstić information content (AvgIpc) is 3.53. The van der Waals surface area contributed by atoms with Gasteiger partial charge < -0.3 is 15.1 Å². The second-order valence-electron chi connectivity index (χ2n) is 8.26. The summed E-state index contributed by atoms with van der Waals surface area (Å²) in [4.78, 5) is 23.7. The quantitative estimate of drug-likeness (QED) is 0.383. The molecular formula is C22H34IN5O. The van der Waals surface area contributed by atoms with E-state index in [2.05, 4.69) is 50.4 Å². The second kappa shape index (κ2) is 10.6. The topological polar surface area (TPSA) is 51.2 Å². The van der Waals surface area contributed by atoms with E-state index < -0.39 is 0 Å². The number of nitrogens with one attached hydrogen (secondary N) is 1. The van der Waals surface area contributed by atoms with Gasteiger partial charge in [0.1, 0.15) is 0 Å². The number of hydrogen-bond acceptors (Lipinski definition) is 3. The first-order chi connectivity index (χ1) is 13.7. The number of aliphatic imine (C=N–C) groups is 1. The molecule has 4 rings (SSSR count). The van der Waals surface area contributed by atoms with Crippen molar-refractivity contribution in [1.29, 1.82) is 0 Å². The molecule has 1 N–H and O–H groups in total. The van der Waals surface area contributed by atoms with Gasteiger partial charge >= 0.3 is 0 Å². The van der Waals surface area contributed by atoms with E-state index in [1.54, 1.807) is 0 Å². The average molecular weight is 511 g/mol. The van der Waals surface area contributed by atoms with E-state index in [9.17, 15) is 4.79 Å². The molecule has 1 saturated carbocycles. The van der Waals surface area contributed by atoms with Gasteiger partial charge in [0.2, 0.25) is 5.91 Å². The molecule has 1 aromatic carbocycles. The monoisotopic (exact) mass is 511 g/mol. The summed E-state index contributed by atoms with van der Waals surface area (Å²) in [6, 6.07) is 11.2. The van der Waals surface area contributed by atoms with Gasteiger partial charge in [-0.2, -0.15) is 0 Å². The van der Waals surface area contributed by atoms with E-state index in [0.29, 0.717) is 24.4 Å². The molecule has 2 unspecified atom stereocenters. The van der Waals surface area contributed by atoms with Gasteiger partial charge in [-0.05, 0) is 31.2 Å². The Morgan fingerprint density at radius 1 is 1.00 bits per heavy atom. The fourth-order valence-corrected chi connectivity index (χ4v) is 4.44. The number of likely N-dealkylation sites (tertiary alicyclic amines) is 1. The van der Waals surface area contributed by atoms with Crippen LogP contribution in [0.2, 0.25) is 0 Å². The molecule has 160 valence electrons. The van der Waals surface area contributed by atoms with Crippen LogP contribution in [0.4, 0.5) is 0 Å². The number of benzene rings is 1. The highest BCUT2D eigenvalue weighted by Gasteiger charge is 2.39. The van der Waals surface area contributed by atoms with Crippen LogP contribution in [-0.4, -0.2) is 85.5 Å². The van der Waals surface area contributed by atoms with Crippen molar-refractivity contribution in [2.75, 3.05) is 52.9 Å². The molecule has 2 saturated heterocycles. The minimum absolute atomic E-state index is 0. The van der Waals surface area contributed by atoms with Crippen LogP contribution in [0.1, 0.15) is 37.2 Å². The van der Waals surface area contributed by atoms with Gasteiger partial charge in [-0.3, -0.25) is 14.7 Å². The molecule has 2 atom stereocenters. The first-order valence-corrected chi connectivity index (χ1v) is 10.8. The zero-order valence-electron chi connectivity index (χ0n) is 17.4. The van der Waals surface area contributed by atoms with Crippen molar-refractivity contribution in [3.05, 3.63) is 35.9 Å². The summed E-state index contributed by atoms with van der Waals surface area (Å²) in [5, 5.41) is 3.65. The van der Waals surface area contributed by atoms with Crippen LogP contribution in [0.5, 0.6) is 0 Å². The number of carbonyl (C=O) groups is 1. The predicted octanol–water partition coefficient (Wildman–Crippen LogP) is 2.37. The molecule has 3 aliphatic rings. The molecule has 2 heterocycles. The summed E-state index contributed by atoms with van der Waals surface area (Å²) in [5.41, 5.74) is 1.41. The number of guanidine groups is 1. The Morgan fingerprint density at radius 2 is 1.69 bits per heavy atom. The lowest BCUT2D eigenvalue weighted by Gasteiger charge is -2.37. The fourth-order valence-electron chi connectivity index (χ4n) is 4.44. The number of piperidine rings is 1. The zero-order valence-corrected chi connectivity index (χ0v) is 19.8. The predicted molar refractivity (Wildman–Crippen MR) is 128 cm³/mol. The van der Waals surface area contributed by atoms with Gasteiger partial charge in [0, 0.05) is 58.3 Å².